The van der Waals surface area contributed by atoms with Crippen molar-refractivity contribution in [3.05, 3.63) is 189 Å². The molecule has 0 spiro atoms. The van der Waals surface area contributed by atoms with Crippen LogP contribution in [0.15, 0.2) is 128 Å². The molecule has 0 saturated heterocycles. The molecule has 2 aliphatic carbocycles. The molecule has 0 atom stereocenters. The van der Waals surface area contributed by atoms with E-state index in [0.717, 1.165) is 17.2 Å². The van der Waals surface area contributed by atoms with E-state index in [4.69, 9.17) is 4.98 Å². The summed E-state index contributed by atoms with van der Waals surface area (Å²) >= 11 is 0. The number of aromatic nitrogens is 3. The second-order valence-corrected chi connectivity index (χ2v) is 22.7. The van der Waals surface area contributed by atoms with Crippen molar-refractivity contribution in [2.75, 3.05) is 23.5 Å². The highest BCUT2D eigenvalue weighted by Crippen LogP contribution is 2.61. The van der Waals surface area contributed by atoms with Gasteiger partial charge in [-0.2, -0.15) is 5.10 Å². The average molecular weight is 830 g/mol. The molecule has 0 radical (unpaired) electrons. The van der Waals surface area contributed by atoms with Crippen molar-refractivity contribution in [3.8, 4) is 22.3 Å². The van der Waals surface area contributed by atoms with Crippen molar-refractivity contribution in [3.63, 3.8) is 0 Å². The average Bonchev–Trinajstić information content (AvgIpc) is 4.01. The lowest BCUT2D eigenvalue weighted by molar-refractivity contribution is 0.570. The first kappa shape index (κ1) is 41.1. The van der Waals surface area contributed by atoms with E-state index >= 15 is 0 Å². The van der Waals surface area contributed by atoms with Gasteiger partial charge in [0.2, 0.25) is 0 Å². The van der Waals surface area contributed by atoms with Crippen molar-refractivity contribution in [1.82, 2.24) is 15.2 Å². The van der Waals surface area contributed by atoms with E-state index in [0.29, 0.717) is 6.67 Å². The SMILES string of the molecule is CN1CN(C2(c3cccc(C4(c5ccn[nH]5)c5ccc(C(C)(C)C)cc5-c5cc(C(C)(C)C)ccc54)c3)c3ccc(C(C)(C)C)cc3-c3cc(C(C)(C)C)ccc32)c2ncccc21. The fraction of sp³-hybridized carbons (Fsp3) is 0.345. The maximum atomic E-state index is 5.21. The van der Waals surface area contributed by atoms with Crippen LogP contribution < -0.4 is 9.80 Å². The summed E-state index contributed by atoms with van der Waals surface area (Å²) in [6, 6.07) is 45.1. The monoisotopic (exact) mass is 830 g/mol. The Labute approximate surface area is 375 Å². The van der Waals surface area contributed by atoms with Gasteiger partial charge in [0.1, 0.15) is 5.54 Å². The van der Waals surface area contributed by atoms with Gasteiger partial charge in [0.15, 0.2) is 5.82 Å². The predicted octanol–water partition coefficient (Wildman–Crippen LogP) is 13.5. The van der Waals surface area contributed by atoms with Gasteiger partial charge in [-0.1, -0.05) is 180 Å². The van der Waals surface area contributed by atoms with Gasteiger partial charge < -0.3 is 9.80 Å². The van der Waals surface area contributed by atoms with Crippen LogP contribution in [0.2, 0.25) is 0 Å². The lowest BCUT2D eigenvalue weighted by Gasteiger charge is -2.43. The zero-order valence-electron chi connectivity index (χ0n) is 39.6. The minimum absolute atomic E-state index is 0.0153. The molecule has 5 nitrogen and oxygen atoms in total. The Balaban J connectivity index is 1.33. The topological polar surface area (TPSA) is 48.0 Å². The van der Waals surface area contributed by atoms with Crippen LogP contribution in [0.4, 0.5) is 11.5 Å². The first-order valence-corrected chi connectivity index (χ1v) is 22.8. The molecule has 3 aliphatic rings. The Bertz CT molecular complexity index is 2810. The summed E-state index contributed by atoms with van der Waals surface area (Å²) in [5, 5.41) is 8.23. The van der Waals surface area contributed by atoms with Crippen LogP contribution in [-0.2, 0) is 32.6 Å². The van der Waals surface area contributed by atoms with E-state index in [1.54, 1.807) is 0 Å². The summed E-state index contributed by atoms with van der Waals surface area (Å²) in [6.07, 6.45) is 3.87. The molecule has 0 bridgehead atoms. The van der Waals surface area contributed by atoms with Crippen LogP contribution in [0.1, 0.15) is 144 Å². The van der Waals surface area contributed by atoms with Crippen molar-refractivity contribution in [2.45, 2.75) is 116 Å². The van der Waals surface area contributed by atoms with Crippen LogP contribution in [0.25, 0.3) is 22.3 Å². The molecule has 2 aromatic heterocycles. The van der Waals surface area contributed by atoms with Crippen molar-refractivity contribution in [2.24, 2.45) is 0 Å². The Kier molecular flexibility index (Phi) is 8.83. The number of fused-ring (bicyclic) bond motifs is 7. The molecular weight excluding hydrogens is 767 g/mol. The number of hydrogen-bond donors (Lipinski definition) is 1. The standard InChI is InChI=1S/C58H63N5/c1-53(2,3)36-19-23-46-42(31-36)43-32-37(54(4,5)6)20-24-47(43)57(46,51-27-29-60-61-51)40-16-14-17-41(30-40)58(63-35-62(13)50-18-15-28-59-52(50)63)48-25-21-38(55(7,8)9)33-44(48)45-34-39(56(10,11)12)22-26-49(45)58/h14-34H,35H2,1-13H3,(H,60,61). The van der Waals surface area contributed by atoms with Crippen LogP contribution in [-0.4, -0.2) is 28.9 Å². The van der Waals surface area contributed by atoms with E-state index in [1.165, 1.54) is 77.9 Å². The van der Waals surface area contributed by atoms with Gasteiger partial charge in [0.05, 0.1) is 23.5 Å². The molecule has 0 unspecified atom stereocenters. The van der Waals surface area contributed by atoms with E-state index in [-0.39, 0.29) is 21.7 Å². The molecule has 1 aliphatic heterocycles. The maximum absolute atomic E-state index is 5.21. The number of pyridine rings is 1. The molecule has 0 amide bonds. The van der Waals surface area contributed by atoms with Gasteiger partial charge >= 0.3 is 0 Å². The molecule has 7 aromatic rings. The zero-order chi connectivity index (χ0) is 44.6. The van der Waals surface area contributed by atoms with Gasteiger partial charge in [0.25, 0.3) is 0 Å². The fourth-order valence-electron chi connectivity index (χ4n) is 11.0. The second-order valence-electron chi connectivity index (χ2n) is 22.7. The lowest BCUT2D eigenvalue weighted by atomic mass is 9.68. The number of hydrogen-bond acceptors (Lipinski definition) is 4. The van der Waals surface area contributed by atoms with Crippen molar-refractivity contribution >= 4 is 11.5 Å². The number of nitrogens with one attached hydrogen (secondary N) is 1. The zero-order valence-corrected chi connectivity index (χ0v) is 39.6. The Hall–Kier alpha value is -5.94. The van der Waals surface area contributed by atoms with Gasteiger partial charge in [-0.25, -0.2) is 4.98 Å². The quantitative estimate of drug-likeness (QED) is 0.192. The molecule has 320 valence electrons. The number of anilines is 2. The van der Waals surface area contributed by atoms with Crippen LogP contribution >= 0.6 is 0 Å². The Morgan fingerprint density at radius 3 is 1.41 bits per heavy atom. The van der Waals surface area contributed by atoms with E-state index in [1.807, 2.05) is 12.4 Å². The first-order valence-electron chi connectivity index (χ1n) is 22.8. The van der Waals surface area contributed by atoms with E-state index in [2.05, 4.69) is 225 Å². The van der Waals surface area contributed by atoms with Crippen LogP contribution in [0, 0.1) is 0 Å². The number of rotatable bonds is 4. The summed E-state index contributed by atoms with van der Waals surface area (Å²) in [5.41, 5.74) is 18.8. The molecule has 0 fully saturated rings. The third-order valence-corrected chi connectivity index (χ3v) is 14.5. The van der Waals surface area contributed by atoms with Crippen LogP contribution in [0.3, 0.4) is 0 Å². The van der Waals surface area contributed by atoms with Crippen molar-refractivity contribution < 1.29 is 0 Å². The third-order valence-electron chi connectivity index (χ3n) is 14.5. The summed E-state index contributed by atoms with van der Waals surface area (Å²) < 4.78 is 0. The molecule has 3 heterocycles. The number of nitrogens with zero attached hydrogens (tertiary/aromatic N) is 4. The third kappa shape index (κ3) is 5.94. The van der Waals surface area contributed by atoms with Gasteiger partial charge in [-0.05, 0) is 118 Å². The van der Waals surface area contributed by atoms with Gasteiger partial charge in [-0.15, -0.1) is 0 Å². The highest BCUT2D eigenvalue weighted by atomic mass is 15.4. The molecule has 10 rings (SSSR count). The number of benzene rings is 5. The van der Waals surface area contributed by atoms with Gasteiger partial charge in [0, 0.05) is 19.4 Å². The fourth-order valence-corrected chi connectivity index (χ4v) is 11.0. The number of aromatic amines is 1. The molecule has 63 heavy (non-hydrogen) atoms. The van der Waals surface area contributed by atoms with E-state index in [9.17, 15) is 0 Å². The normalized spacial score (nSPS) is 16.1. The minimum atomic E-state index is -0.715. The molecule has 5 heteroatoms. The number of H-pyrrole nitrogens is 1. The summed E-state index contributed by atoms with van der Waals surface area (Å²) in [7, 11) is 2.20. The second kappa shape index (κ2) is 13.5. The molecule has 0 saturated carbocycles. The van der Waals surface area contributed by atoms with Crippen LogP contribution in [0.5, 0.6) is 0 Å². The maximum Gasteiger partial charge on any atom is 0.154 e. The predicted molar refractivity (Wildman–Crippen MR) is 262 cm³/mol. The molecule has 1 N–H and O–H groups in total. The highest BCUT2D eigenvalue weighted by Gasteiger charge is 2.54. The smallest absolute Gasteiger partial charge is 0.154 e. The lowest BCUT2D eigenvalue weighted by Crippen LogP contribution is -2.48. The van der Waals surface area contributed by atoms with E-state index < -0.39 is 11.0 Å². The summed E-state index contributed by atoms with van der Waals surface area (Å²) in [6.45, 7) is 28.5. The minimum Gasteiger partial charge on any atom is -0.354 e. The Morgan fingerprint density at radius 1 is 0.492 bits per heavy atom. The summed E-state index contributed by atoms with van der Waals surface area (Å²) in [5.74, 6) is 0.994. The Morgan fingerprint density at radius 2 is 0.952 bits per heavy atom. The van der Waals surface area contributed by atoms with Gasteiger partial charge in [-0.3, -0.25) is 5.10 Å². The molecule has 5 aromatic carbocycles. The first-order chi connectivity index (χ1) is 29.7. The highest BCUT2D eigenvalue weighted by molar-refractivity contribution is 5.90. The van der Waals surface area contributed by atoms with Crippen molar-refractivity contribution in [1.29, 1.82) is 0 Å². The largest absolute Gasteiger partial charge is 0.354 e. The molecular formula is C58H63N5. The summed E-state index contributed by atoms with van der Waals surface area (Å²) in [4.78, 5) is 10.1.